The van der Waals surface area contributed by atoms with E-state index < -0.39 is 5.54 Å². The lowest BCUT2D eigenvalue weighted by atomic mass is 10.0. The highest BCUT2D eigenvalue weighted by Gasteiger charge is 2.56. The molecule has 2 aromatic carbocycles. The molecular weight excluding hydrogens is 278 g/mol. The fourth-order valence-electron chi connectivity index (χ4n) is 3.36. The summed E-state index contributed by atoms with van der Waals surface area (Å²) >= 11 is 0. The van der Waals surface area contributed by atoms with Crippen LogP contribution in [0.25, 0.3) is 0 Å². The summed E-state index contributed by atoms with van der Waals surface area (Å²) in [5.41, 5.74) is 1.72. The number of aliphatic hydroxyl groups excluding tert-OH is 1. The van der Waals surface area contributed by atoms with E-state index >= 15 is 0 Å². The summed E-state index contributed by atoms with van der Waals surface area (Å²) in [4.78, 5) is 2.18. The summed E-state index contributed by atoms with van der Waals surface area (Å²) in [5.74, 6) is 0. The van der Waals surface area contributed by atoms with Crippen molar-refractivity contribution in [3.63, 3.8) is 0 Å². The van der Waals surface area contributed by atoms with Crippen molar-refractivity contribution >= 4 is 0 Å². The highest BCUT2D eigenvalue weighted by molar-refractivity contribution is 5.25. The molecule has 0 aromatic heterocycles. The Kier molecular flexibility index (Phi) is 3.47. The summed E-state index contributed by atoms with van der Waals surface area (Å²) in [6.45, 7) is 0.985. The molecule has 2 aliphatic rings. The zero-order chi connectivity index (χ0) is 15.0. The largest absolute Gasteiger partial charge is 0.394 e. The van der Waals surface area contributed by atoms with Crippen molar-refractivity contribution in [2.24, 2.45) is 0 Å². The van der Waals surface area contributed by atoms with Gasteiger partial charge in [0, 0.05) is 0 Å². The van der Waals surface area contributed by atoms with Gasteiger partial charge in [-0.25, -0.2) is 4.90 Å². The first-order chi connectivity index (χ1) is 10.8. The van der Waals surface area contributed by atoms with E-state index in [1.807, 2.05) is 36.4 Å². The summed E-state index contributed by atoms with van der Waals surface area (Å²) in [6.07, 6.45) is -0.387. The summed E-state index contributed by atoms with van der Waals surface area (Å²) in [5, 5.41) is 9.95. The molecular formula is C18H19NO3. The van der Waals surface area contributed by atoms with E-state index in [0.29, 0.717) is 13.2 Å². The van der Waals surface area contributed by atoms with Crippen LogP contribution in [0.1, 0.15) is 23.6 Å². The van der Waals surface area contributed by atoms with Gasteiger partial charge in [0.2, 0.25) is 0 Å². The van der Waals surface area contributed by atoms with Crippen LogP contribution in [0.2, 0.25) is 0 Å². The standard InChI is InChI=1S/C18H19NO3/c20-11-18-12-21-16(14-7-3-1-4-8-14)19(18)17(22-13-18)15-9-5-2-6-10-15/h1-10,16-17,20H,11-13H2/t16-,17-/m1/s1. The molecule has 4 heteroatoms. The number of aliphatic hydroxyl groups is 1. The van der Waals surface area contributed by atoms with Gasteiger partial charge in [-0.2, -0.15) is 0 Å². The maximum atomic E-state index is 9.95. The summed E-state index contributed by atoms with van der Waals surface area (Å²) in [7, 11) is 0. The van der Waals surface area contributed by atoms with Crippen LogP contribution in [-0.2, 0) is 9.47 Å². The minimum atomic E-state index is -0.457. The molecule has 114 valence electrons. The Labute approximate surface area is 129 Å². The first-order valence-electron chi connectivity index (χ1n) is 7.56. The predicted molar refractivity (Wildman–Crippen MR) is 81.9 cm³/mol. The van der Waals surface area contributed by atoms with Gasteiger partial charge in [-0.3, -0.25) is 0 Å². The molecule has 0 saturated carbocycles. The van der Waals surface area contributed by atoms with Crippen molar-refractivity contribution in [2.45, 2.75) is 18.0 Å². The molecule has 0 amide bonds. The Morgan fingerprint density at radius 1 is 0.864 bits per heavy atom. The van der Waals surface area contributed by atoms with E-state index in [9.17, 15) is 5.11 Å². The molecule has 1 N–H and O–H groups in total. The van der Waals surface area contributed by atoms with Crippen molar-refractivity contribution in [1.29, 1.82) is 0 Å². The molecule has 2 fully saturated rings. The smallest absolute Gasteiger partial charge is 0.139 e. The molecule has 2 heterocycles. The minimum absolute atomic E-state index is 0.0274. The molecule has 0 radical (unpaired) electrons. The number of nitrogens with zero attached hydrogens (tertiary/aromatic N) is 1. The average molecular weight is 297 g/mol. The van der Waals surface area contributed by atoms with Crippen LogP contribution in [0.5, 0.6) is 0 Å². The van der Waals surface area contributed by atoms with Crippen LogP contribution in [0.4, 0.5) is 0 Å². The Morgan fingerprint density at radius 2 is 1.32 bits per heavy atom. The minimum Gasteiger partial charge on any atom is -0.394 e. The molecule has 0 bridgehead atoms. The first kappa shape index (κ1) is 13.9. The second-order valence-corrected chi connectivity index (χ2v) is 5.94. The van der Waals surface area contributed by atoms with E-state index in [4.69, 9.17) is 9.47 Å². The van der Waals surface area contributed by atoms with Crippen molar-refractivity contribution < 1.29 is 14.6 Å². The van der Waals surface area contributed by atoms with Gasteiger partial charge in [0.05, 0.1) is 25.4 Å². The Balaban J connectivity index is 1.74. The van der Waals surface area contributed by atoms with Gasteiger partial charge in [0.25, 0.3) is 0 Å². The molecule has 2 aliphatic heterocycles. The third-order valence-electron chi connectivity index (χ3n) is 4.54. The fraction of sp³-hybridized carbons (Fsp3) is 0.333. The molecule has 4 nitrogen and oxygen atoms in total. The molecule has 22 heavy (non-hydrogen) atoms. The zero-order valence-corrected chi connectivity index (χ0v) is 12.3. The highest BCUT2D eigenvalue weighted by Crippen LogP contribution is 2.48. The van der Waals surface area contributed by atoms with Crippen molar-refractivity contribution in [3.05, 3.63) is 71.8 Å². The van der Waals surface area contributed by atoms with E-state index in [0.717, 1.165) is 11.1 Å². The quantitative estimate of drug-likeness (QED) is 0.945. The van der Waals surface area contributed by atoms with Gasteiger partial charge < -0.3 is 14.6 Å². The topological polar surface area (TPSA) is 41.9 Å². The third-order valence-corrected chi connectivity index (χ3v) is 4.54. The number of hydrogen-bond acceptors (Lipinski definition) is 4. The summed E-state index contributed by atoms with van der Waals surface area (Å²) in [6, 6.07) is 20.2. The van der Waals surface area contributed by atoms with E-state index in [1.54, 1.807) is 0 Å². The highest BCUT2D eigenvalue weighted by atomic mass is 16.6. The second kappa shape index (κ2) is 5.48. The molecule has 4 rings (SSSR count). The molecule has 2 saturated heterocycles. The second-order valence-electron chi connectivity index (χ2n) is 5.94. The number of benzene rings is 2. The van der Waals surface area contributed by atoms with Crippen LogP contribution < -0.4 is 0 Å². The van der Waals surface area contributed by atoms with Gasteiger partial charge in [-0.1, -0.05) is 60.7 Å². The third kappa shape index (κ3) is 2.08. The monoisotopic (exact) mass is 297 g/mol. The Hall–Kier alpha value is -1.72. The van der Waals surface area contributed by atoms with Crippen molar-refractivity contribution in [3.8, 4) is 0 Å². The number of ether oxygens (including phenoxy) is 2. The van der Waals surface area contributed by atoms with Crippen LogP contribution >= 0.6 is 0 Å². The molecule has 2 atom stereocenters. The average Bonchev–Trinajstić information content (AvgIpc) is 3.14. The van der Waals surface area contributed by atoms with E-state index in [-0.39, 0.29) is 19.1 Å². The van der Waals surface area contributed by atoms with Gasteiger partial charge in [-0.05, 0) is 11.1 Å². The first-order valence-corrected chi connectivity index (χ1v) is 7.56. The van der Waals surface area contributed by atoms with Crippen molar-refractivity contribution in [2.75, 3.05) is 19.8 Å². The van der Waals surface area contributed by atoms with Gasteiger partial charge in [-0.15, -0.1) is 0 Å². The molecule has 2 aromatic rings. The van der Waals surface area contributed by atoms with Gasteiger partial charge in [0.1, 0.15) is 12.5 Å². The normalized spacial score (nSPS) is 27.0. The SMILES string of the molecule is OCC12CO[C@H](c3ccccc3)N1[C@@H](c1ccccc1)OC2. The predicted octanol–water partition coefficient (Wildman–Crippen LogP) is 2.48. The Morgan fingerprint density at radius 3 is 1.73 bits per heavy atom. The lowest BCUT2D eigenvalue weighted by molar-refractivity contribution is -0.0630. The van der Waals surface area contributed by atoms with Crippen molar-refractivity contribution in [1.82, 2.24) is 4.90 Å². The number of fused-ring (bicyclic) bond motifs is 1. The molecule has 0 spiro atoms. The maximum absolute atomic E-state index is 9.95. The van der Waals surface area contributed by atoms with E-state index in [2.05, 4.69) is 29.2 Å². The lowest BCUT2D eigenvalue weighted by Gasteiger charge is -2.33. The van der Waals surface area contributed by atoms with Gasteiger partial charge in [0.15, 0.2) is 0 Å². The maximum Gasteiger partial charge on any atom is 0.139 e. The Bertz CT molecular complexity index is 580. The lowest BCUT2D eigenvalue weighted by Crippen LogP contribution is -2.47. The van der Waals surface area contributed by atoms with Crippen LogP contribution in [-0.4, -0.2) is 35.4 Å². The van der Waals surface area contributed by atoms with Crippen LogP contribution in [0, 0.1) is 0 Å². The number of hydrogen-bond donors (Lipinski definition) is 1. The van der Waals surface area contributed by atoms with E-state index in [1.165, 1.54) is 0 Å². The number of rotatable bonds is 3. The fourth-order valence-corrected chi connectivity index (χ4v) is 3.36. The van der Waals surface area contributed by atoms with Crippen LogP contribution in [0.15, 0.2) is 60.7 Å². The summed E-state index contributed by atoms with van der Waals surface area (Å²) < 4.78 is 12.1. The van der Waals surface area contributed by atoms with Crippen LogP contribution in [0.3, 0.4) is 0 Å². The zero-order valence-electron chi connectivity index (χ0n) is 12.3. The molecule has 0 aliphatic carbocycles. The van der Waals surface area contributed by atoms with Gasteiger partial charge >= 0.3 is 0 Å². The molecule has 0 unspecified atom stereocenters.